The first-order valence-electron chi connectivity index (χ1n) is 5.26. The molecule has 0 aliphatic carbocycles. The Morgan fingerprint density at radius 3 is 2.50 bits per heavy atom. The number of hydrogen-bond acceptors (Lipinski definition) is 2. The molecular formula is C13H18O3. The Morgan fingerprint density at radius 2 is 2.00 bits per heavy atom. The molecule has 1 aromatic rings. The van der Waals surface area contributed by atoms with Gasteiger partial charge < -0.3 is 9.84 Å². The highest BCUT2D eigenvalue weighted by molar-refractivity contribution is 5.76. The predicted molar refractivity (Wildman–Crippen MR) is 62.4 cm³/mol. The first-order valence-corrected chi connectivity index (χ1v) is 5.26. The van der Waals surface area contributed by atoms with E-state index in [0.717, 1.165) is 11.1 Å². The number of benzene rings is 1. The average molecular weight is 222 g/mol. The topological polar surface area (TPSA) is 46.5 Å². The van der Waals surface area contributed by atoms with Gasteiger partial charge in [-0.05, 0) is 38.8 Å². The lowest BCUT2D eigenvalue weighted by Gasteiger charge is -2.20. The molecule has 3 nitrogen and oxygen atoms in total. The van der Waals surface area contributed by atoms with Crippen molar-refractivity contribution in [1.82, 2.24) is 0 Å². The van der Waals surface area contributed by atoms with Gasteiger partial charge in [0.05, 0.1) is 6.61 Å². The number of carboxylic acid groups (broad SMARTS) is 1. The summed E-state index contributed by atoms with van der Waals surface area (Å²) >= 11 is 0. The zero-order chi connectivity index (χ0) is 12.3. The van der Waals surface area contributed by atoms with Crippen LogP contribution in [0.25, 0.3) is 0 Å². The summed E-state index contributed by atoms with van der Waals surface area (Å²) < 4.78 is 5.40. The Labute approximate surface area is 96.1 Å². The summed E-state index contributed by atoms with van der Waals surface area (Å²) in [5.41, 5.74) is 2.21. The predicted octanol–water partition coefficient (Wildman–Crippen LogP) is 2.68. The number of rotatable bonds is 4. The van der Waals surface area contributed by atoms with Crippen LogP contribution in [0, 0.1) is 13.8 Å². The third kappa shape index (κ3) is 3.07. The molecule has 1 N–H and O–H groups in total. The molecule has 3 heteroatoms. The van der Waals surface area contributed by atoms with Gasteiger partial charge in [0.2, 0.25) is 0 Å². The first-order chi connectivity index (χ1) is 7.33. The van der Waals surface area contributed by atoms with Crippen molar-refractivity contribution in [2.24, 2.45) is 0 Å². The fourth-order valence-electron chi connectivity index (χ4n) is 1.33. The third-order valence-corrected chi connectivity index (χ3v) is 2.60. The molecule has 0 amide bonds. The van der Waals surface area contributed by atoms with Crippen molar-refractivity contribution in [2.45, 2.75) is 39.9 Å². The van der Waals surface area contributed by atoms with Crippen LogP contribution in [0.4, 0.5) is 0 Å². The van der Waals surface area contributed by atoms with Crippen LogP contribution in [-0.4, -0.2) is 16.7 Å². The molecule has 0 atom stereocenters. The number of hydrogen-bond donors (Lipinski definition) is 1. The van der Waals surface area contributed by atoms with Gasteiger partial charge in [0.25, 0.3) is 0 Å². The van der Waals surface area contributed by atoms with Gasteiger partial charge in [-0.25, -0.2) is 4.79 Å². The van der Waals surface area contributed by atoms with Crippen molar-refractivity contribution in [3.05, 3.63) is 34.9 Å². The van der Waals surface area contributed by atoms with Crippen LogP contribution in [0.5, 0.6) is 0 Å². The zero-order valence-corrected chi connectivity index (χ0v) is 10.2. The molecule has 0 saturated carbocycles. The summed E-state index contributed by atoms with van der Waals surface area (Å²) in [6.45, 7) is 7.46. The SMILES string of the molecule is Cc1ccc(COC(C)(C)C(=O)O)c(C)c1. The highest BCUT2D eigenvalue weighted by Crippen LogP contribution is 2.16. The molecule has 0 unspecified atom stereocenters. The molecular weight excluding hydrogens is 204 g/mol. The lowest BCUT2D eigenvalue weighted by atomic mass is 10.1. The van der Waals surface area contributed by atoms with Crippen molar-refractivity contribution in [2.75, 3.05) is 0 Å². The summed E-state index contributed by atoms with van der Waals surface area (Å²) in [6.07, 6.45) is 0. The molecule has 16 heavy (non-hydrogen) atoms. The first kappa shape index (κ1) is 12.7. The van der Waals surface area contributed by atoms with Crippen molar-refractivity contribution >= 4 is 5.97 Å². The quantitative estimate of drug-likeness (QED) is 0.852. The molecule has 0 aliphatic heterocycles. The fourth-order valence-corrected chi connectivity index (χ4v) is 1.33. The largest absolute Gasteiger partial charge is 0.479 e. The van der Waals surface area contributed by atoms with Crippen molar-refractivity contribution in [3.8, 4) is 0 Å². The Balaban J connectivity index is 2.72. The summed E-state index contributed by atoms with van der Waals surface area (Å²) in [5.74, 6) is -0.947. The molecule has 1 rings (SSSR count). The molecule has 0 heterocycles. The number of carbonyl (C=O) groups is 1. The Kier molecular flexibility index (Phi) is 3.70. The van der Waals surface area contributed by atoms with E-state index in [1.807, 2.05) is 26.0 Å². The minimum atomic E-state index is -1.14. The van der Waals surface area contributed by atoms with E-state index in [1.165, 1.54) is 5.56 Å². The molecule has 0 aliphatic rings. The zero-order valence-electron chi connectivity index (χ0n) is 10.2. The van der Waals surface area contributed by atoms with Gasteiger partial charge in [-0.1, -0.05) is 23.8 Å². The summed E-state index contributed by atoms with van der Waals surface area (Å²) in [7, 11) is 0. The van der Waals surface area contributed by atoms with E-state index in [2.05, 4.69) is 6.07 Å². The molecule has 0 aromatic heterocycles. The second-order valence-electron chi connectivity index (χ2n) is 4.53. The van der Waals surface area contributed by atoms with Crippen LogP contribution in [0.15, 0.2) is 18.2 Å². The van der Waals surface area contributed by atoms with E-state index in [4.69, 9.17) is 9.84 Å². The van der Waals surface area contributed by atoms with Gasteiger partial charge in [0.1, 0.15) is 0 Å². The maximum absolute atomic E-state index is 10.9. The van der Waals surface area contributed by atoms with Crippen LogP contribution in [0.3, 0.4) is 0 Å². The molecule has 0 bridgehead atoms. The van der Waals surface area contributed by atoms with Gasteiger partial charge in [0.15, 0.2) is 5.60 Å². The lowest BCUT2D eigenvalue weighted by Crippen LogP contribution is -2.34. The Hall–Kier alpha value is -1.35. The van der Waals surface area contributed by atoms with E-state index in [9.17, 15) is 4.79 Å². The van der Waals surface area contributed by atoms with E-state index in [0.29, 0.717) is 6.61 Å². The summed E-state index contributed by atoms with van der Waals surface area (Å²) in [4.78, 5) is 10.9. The number of ether oxygens (including phenoxy) is 1. The molecule has 88 valence electrons. The summed E-state index contributed by atoms with van der Waals surface area (Å²) in [5, 5.41) is 8.91. The van der Waals surface area contributed by atoms with Crippen molar-refractivity contribution in [3.63, 3.8) is 0 Å². The highest BCUT2D eigenvalue weighted by Gasteiger charge is 2.27. The molecule has 0 fully saturated rings. The number of aliphatic carboxylic acids is 1. The second kappa shape index (κ2) is 4.66. The Bertz CT molecular complexity index is 394. The van der Waals surface area contributed by atoms with Crippen molar-refractivity contribution in [1.29, 1.82) is 0 Å². The van der Waals surface area contributed by atoms with Gasteiger partial charge in [-0.15, -0.1) is 0 Å². The van der Waals surface area contributed by atoms with Crippen molar-refractivity contribution < 1.29 is 14.6 Å². The molecule has 0 saturated heterocycles. The number of carboxylic acids is 1. The number of aryl methyl sites for hydroxylation is 2. The van der Waals surface area contributed by atoms with Crippen LogP contribution < -0.4 is 0 Å². The normalized spacial score (nSPS) is 11.5. The van der Waals surface area contributed by atoms with E-state index in [-0.39, 0.29) is 0 Å². The smallest absolute Gasteiger partial charge is 0.335 e. The van der Waals surface area contributed by atoms with E-state index < -0.39 is 11.6 Å². The third-order valence-electron chi connectivity index (χ3n) is 2.60. The monoisotopic (exact) mass is 222 g/mol. The van der Waals surface area contributed by atoms with E-state index >= 15 is 0 Å². The standard InChI is InChI=1S/C13H18O3/c1-9-5-6-11(10(2)7-9)8-16-13(3,4)12(14)15/h5-7H,8H2,1-4H3,(H,14,15). The minimum Gasteiger partial charge on any atom is -0.479 e. The average Bonchev–Trinajstić information content (AvgIpc) is 2.16. The molecule has 0 spiro atoms. The Morgan fingerprint density at radius 1 is 1.38 bits per heavy atom. The van der Waals surface area contributed by atoms with Gasteiger partial charge in [0, 0.05) is 0 Å². The fraction of sp³-hybridized carbons (Fsp3) is 0.462. The molecule has 0 radical (unpaired) electrons. The van der Waals surface area contributed by atoms with Crippen LogP contribution in [-0.2, 0) is 16.1 Å². The molecule has 1 aromatic carbocycles. The maximum Gasteiger partial charge on any atom is 0.335 e. The minimum absolute atomic E-state index is 0.325. The van der Waals surface area contributed by atoms with Gasteiger partial charge in [-0.3, -0.25) is 0 Å². The second-order valence-corrected chi connectivity index (χ2v) is 4.53. The van der Waals surface area contributed by atoms with Gasteiger partial charge >= 0.3 is 5.97 Å². The summed E-state index contributed by atoms with van der Waals surface area (Å²) in [6, 6.07) is 6.04. The maximum atomic E-state index is 10.9. The van der Waals surface area contributed by atoms with E-state index in [1.54, 1.807) is 13.8 Å². The lowest BCUT2D eigenvalue weighted by molar-refractivity contribution is -0.162. The van der Waals surface area contributed by atoms with Crippen LogP contribution in [0.1, 0.15) is 30.5 Å². The highest BCUT2D eigenvalue weighted by atomic mass is 16.5. The van der Waals surface area contributed by atoms with Crippen LogP contribution in [0.2, 0.25) is 0 Å². The van der Waals surface area contributed by atoms with Crippen LogP contribution >= 0.6 is 0 Å². The van der Waals surface area contributed by atoms with Gasteiger partial charge in [-0.2, -0.15) is 0 Å².